The molecule has 21 heavy (non-hydrogen) atoms. The number of hydrogen-bond acceptors (Lipinski definition) is 4. The maximum Gasteiger partial charge on any atom is 0.141 e. The van der Waals surface area contributed by atoms with E-state index in [9.17, 15) is 0 Å². The standard InChI is InChI=1S/C16H23N5/c1-12(2)21-16(18-11-19-21)10-20(14-7-8-14)9-13-5-3-4-6-15(13)17/h3-6,11-12,14H,7-10,17H2,1-2H3. The summed E-state index contributed by atoms with van der Waals surface area (Å²) >= 11 is 0. The van der Waals surface area contributed by atoms with Gasteiger partial charge >= 0.3 is 0 Å². The van der Waals surface area contributed by atoms with Gasteiger partial charge in [-0.05, 0) is 38.3 Å². The van der Waals surface area contributed by atoms with E-state index < -0.39 is 0 Å². The molecule has 0 saturated heterocycles. The second-order valence-electron chi connectivity index (χ2n) is 6.05. The second kappa shape index (κ2) is 5.85. The van der Waals surface area contributed by atoms with Crippen molar-refractivity contribution in [2.45, 2.75) is 51.9 Å². The third kappa shape index (κ3) is 3.24. The normalized spacial score (nSPS) is 15.0. The van der Waals surface area contributed by atoms with Crippen LogP contribution in [-0.2, 0) is 13.1 Å². The summed E-state index contributed by atoms with van der Waals surface area (Å²) in [5, 5.41) is 4.33. The molecule has 1 saturated carbocycles. The first kappa shape index (κ1) is 14.1. The fourth-order valence-corrected chi connectivity index (χ4v) is 2.65. The summed E-state index contributed by atoms with van der Waals surface area (Å²) < 4.78 is 2.00. The van der Waals surface area contributed by atoms with Gasteiger partial charge in [-0.3, -0.25) is 4.90 Å². The van der Waals surface area contributed by atoms with Gasteiger partial charge in [-0.2, -0.15) is 5.10 Å². The van der Waals surface area contributed by atoms with Crippen LogP contribution in [0.5, 0.6) is 0 Å². The number of benzene rings is 1. The number of para-hydroxylation sites is 1. The molecule has 5 nitrogen and oxygen atoms in total. The van der Waals surface area contributed by atoms with E-state index in [2.05, 4.69) is 34.9 Å². The minimum Gasteiger partial charge on any atom is -0.398 e. The quantitative estimate of drug-likeness (QED) is 0.829. The zero-order valence-electron chi connectivity index (χ0n) is 12.7. The predicted octanol–water partition coefficient (Wildman–Crippen LogP) is 2.61. The van der Waals surface area contributed by atoms with Crippen molar-refractivity contribution in [3.8, 4) is 0 Å². The predicted molar refractivity (Wildman–Crippen MR) is 83.5 cm³/mol. The van der Waals surface area contributed by atoms with Crippen molar-refractivity contribution in [2.75, 3.05) is 5.73 Å². The molecule has 3 rings (SSSR count). The Morgan fingerprint density at radius 3 is 2.71 bits per heavy atom. The highest BCUT2D eigenvalue weighted by Gasteiger charge is 2.30. The van der Waals surface area contributed by atoms with Gasteiger partial charge in [-0.1, -0.05) is 18.2 Å². The lowest BCUT2D eigenvalue weighted by atomic mass is 10.1. The van der Waals surface area contributed by atoms with Crippen LogP contribution >= 0.6 is 0 Å². The number of nitrogens with two attached hydrogens (primary N) is 1. The zero-order chi connectivity index (χ0) is 14.8. The first-order chi connectivity index (χ1) is 10.1. The molecule has 112 valence electrons. The maximum absolute atomic E-state index is 6.08. The first-order valence-electron chi connectivity index (χ1n) is 7.61. The minimum absolute atomic E-state index is 0.338. The number of anilines is 1. The third-order valence-electron chi connectivity index (χ3n) is 3.97. The van der Waals surface area contributed by atoms with Crippen LogP contribution in [0.25, 0.3) is 0 Å². The van der Waals surface area contributed by atoms with E-state index in [1.807, 2.05) is 22.9 Å². The molecule has 0 amide bonds. The van der Waals surface area contributed by atoms with Crippen molar-refractivity contribution >= 4 is 5.69 Å². The molecule has 5 heteroatoms. The summed E-state index contributed by atoms with van der Waals surface area (Å²) in [6.45, 7) is 5.98. The number of aromatic nitrogens is 3. The van der Waals surface area contributed by atoms with Gasteiger partial charge in [0.15, 0.2) is 0 Å². The third-order valence-corrected chi connectivity index (χ3v) is 3.97. The van der Waals surface area contributed by atoms with E-state index in [0.29, 0.717) is 12.1 Å². The largest absolute Gasteiger partial charge is 0.398 e. The Morgan fingerprint density at radius 1 is 1.29 bits per heavy atom. The molecule has 1 aromatic carbocycles. The van der Waals surface area contributed by atoms with Gasteiger partial charge in [0.05, 0.1) is 6.54 Å². The van der Waals surface area contributed by atoms with Crippen LogP contribution in [0, 0.1) is 0 Å². The van der Waals surface area contributed by atoms with Gasteiger partial charge in [0.2, 0.25) is 0 Å². The summed E-state index contributed by atoms with van der Waals surface area (Å²) in [6, 6.07) is 9.10. The first-order valence-corrected chi connectivity index (χ1v) is 7.61. The monoisotopic (exact) mass is 285 g/mol. The van der Waals surface area contributed by atoms with Gasteiger partial charge in [0.25, 0.3) is 0 Å². The van der Waals surface area contributed by atoms with Gasteiger partial charge in [-0.15, -0.1) is 0 Å². The van der Waals surface area contributed by atoms with Crippen LogP contribution in [0.15, 0.2) is 30.6 Å². The van der Waals surface area contributed by atoms with E-state index in [0.717, 1.165) is 24.6 Å². The lowest BCUT2D eigenvalue weighted by molar-refractivity contribution is 0.233. The topological polar surface area (TPSA) is 60.0 Å². The average molecular weight is 285 g/mol. The number of hydrogen-bond donors (Lipinski definition) is 1. The molecule has 2 aromatic rings. The van der Waals surface area contributed by atoms with Crippen molar-refractivity contribution in [2.24, 2.45) is 0 Å². The Kier molecular flexibility index (Phi) is 3.92. The van der Waals surface area contributed by atoms with E-state index in [1.54, 1.807) is 6.33 Å². The summed E-state index contributed by atoms with van der Waals surface area (Å²) in [5.41, 5.74) is 8.14. The Balaban J connectivity index is 1.76. The number of nitrogens with zero attached hydrogens (tertiary/aromatic N) is 4. The highest BCUT2D eigenvalue weighted by atomic mass is 15.4. The summed E-state index contributed by atoms with van der Waals surface area (Å²) in [6.07, 6.45) is 4.18. The van der Waals surface area contributed by atoms with Crippen LogP contribution in [0.4, 0.5) is 5.69 Å². The molecule has 1 heterocycles. The van der Waals surface area contributed by atoms with Crippen LogP contribution in [0.2, 0.25) is 0 Å². The highest BCUT2D eigenvalue weighted by molar-refractivity contribution is 5.46. The molecule has 1 aliphatic carbocycles. The van der Waals surface area contributed by atoms with Crippen molar-refractivity contribution in [1.29, 1.82) is 0 Å². The summed E-state index contributed by atoms with van der Waals surface area (Å²) in [7, 11) is 0. The molecule has 0 atom stereocenters. The number of nitrogen functional groups attached to an aromatic ring is 1. The lowest BCUT2D eigenvalue weighted by Gasteiger charge is -2.23. The Labute approximate surface area is 125 Å². The molecule has 1 fully saturated rings. The van der Waals surface area contributed by atoms with E-state index in [4.69, 9.17) is 5.73 Å². The highest BCUT2D eigenvalue weighted by Crippen LogP contribution is 2.30. The van der Waals surface area contributed by atoms with E-state index >= 15 is 0 Å². The van der Waals surface area contributed by atoms with E-state index in [-0.39, 0.29) is 0 Å². The summed E-state index contributed by atoms with van der Waals surface area (Å²) in [5.74, 6) is 1.03. The molecule has 1 aliphatic rings. The second-order valence-corrected chi connectivity index (χ2v) is 6.05. The molecule has 2 N–H and O–H groups in total. The minimum atomic E-state index is 0.338. The smallest absolute Gasteiger partial charge is 0.141 e. The van der Waals surface area contributed by atoms with Gasteiger partial charge in [0.1, 0.15) is 12.2 Å². The van der Waals surface area contributed by atoms with Crippen molar-refractivity contribution in [3.63, 3.8) is 0 Å². The Bertz CT molecular complexity index is 600. The van der Waals surface area contributed by atoms with Gasteiger partial charge in [-0.25, -0.2) is 9.67 Å². The molecular weight excluding hydrogens is 262 g/mol. The van der Waals surface area contributed by atoms with Crippen molar-refractivity contribution in [1.82, 2.24) is 19.7 Å². The van der Waals surface area contributed by atoms with Crippen LogP contribution < -0.4 is 5.73 Å². The molecule has 0 aliphatic heterocycles. The van der Waals surface area contributed by atoms with Crippen molar-refractivity contribution < 1.29 is 0 Å². The SMILES string of the molecule is CC(C)n1ncnc1CN(Cc1ccccc1N)C1CC1. The molecule has 0 bridgehead atoms. The zero-order valence-corrected chi connectivity index (χ0v) is 12.7. The molecule has 0 unspecified atom stereocenters. The average Bonchev–Trinajstić information content (AvgIpc) is 3.20. The molecule has 0 radical (unpaired) electrons. The molecular formula is C16H23N5. The Hall–Kier alpha value is -1.88. The Morgan fingerprint density at radius 2 is 2.05 bits per heavy atom. The van der Waals surface area contributed by atoms with Gasteiger partial charge in [0, 0.05) is 24.3 Å². The lowest BCUT2D eigenvalue weighted by Crippen LogP contribution is -2.27. The van der Waals surface area contributed by atoms with Gasteiger partial charge < -0.3 is 5.73 Å². The van der Waals surface area contributed by atoms with E-state index in [1.165, 1.54) is 18.4 Å². The van der Waals surface area contributed by atoms with Crippen LogP contribution in [0.3, 0.4) is 0 Å². The summed E-state index contributed by atoms with van der Waals surface area (Å²) in [4.78, 5) is 6.90. The maximum atomic E-state index is 6.08. The fourth-order valence-electron chi connectivity index (χ4n) is 2.65. The van der Waals surface area contributed by atoms with Crippen LogP contribution in [-0.4, -0.2) is 25.7 Å². The molecule has 0 spiro atoms. The molecule has 1 aromatic heterocycles. The number of rotatable bonds is 6. The van der Waals surface area contributed by atoms with Crippen LogP contribution in [0.1, 0.15) is 44.1 Å². The fraction of sp³-hybridized carbons (Fsp3) is 0.500. The van der Waals surface area contributed by atoms with Crippen molar-refractivity contribution in [3.05, 3.63) is 42.0 Å².